The summed E-state index contributed by atoms with van der Waals surface area (Å²) in [4.78, 5) is 0. The Labute approximate surface area is 162 Å². The molecule has 1 atom stereocenters. The molecular weight excluding hydrogens is 357 g/mol. The summed E-state index contributed by atoms with van der Waals surface area (Å²) in [5.41, 5.74) is 4.72. The molecule has 3 rings (SSSR count). The lowest BCUT2D eigenvalue weighted by atomic mass is 9.92. The van der Waals surface area contributed by atoms with Gasteiger partial charge in [0.25, 0.3) is 0 Å². The highest BCUT2D eigenvalue weighted by atomic mass is 32.2. The van der Waals surface area contributed by atoms with Gasteiger partial charge in [0.2, 0.25) is 0 Å². The molecule has 0 aliphatic heterocycles. The molecule has 0 N–H and O–H groups in total. The van der Waals surface area contributed by atoms with E-state index in [0.717, 1.165) is 38.6 Å². The van der Waals surface area contributed by atoms with Gasteiger partial charge in [-0.25, -0.2) is 8.60 Å². The maximum Gasteiger partial charge on any atom is 0.144 e. The Morgan fingerprint density at radius 3 is 2.26 bits per heavy atom. The first kappa shape index (κ1) is 19.4. The largest absolute Gasteiger partial charge is 0.234 e. The third kappa shape index (κ3) is 4.16. The molecule has 0 unspecified atom stereocenters. The van der Waals surface area contributed by atoms with Crippen molar-refractivity contribution in [1.29, 1.82) is 0 Å². The Balaban J connectivity index is 2.20. The van der Waals surface area contributed by atoms with Crippen LogP contribution >= 0.6 is 0 Å². The van der Waals surface area contributed by atoms with Crippen LogP contribution in [-0.4, -0.2) is 15.2 Å². The van der Waals surface area contributed by atoms with Crippen LogP contribution in [0.5, 0.6) is 0 Å². The van der Waals surface area contributed by atoms with E-state index >= 15 is 0 Å². The summed E-state index contributed by atoms with van der Waals surface area (Å²) in [6.07, 6.45) is 1.70. The molecule has 0 amide bonds. The Hall–Kier alpha value is -2.33. The topological polar surface area (TPSA) is 29.4 Å². The molecule has 0 aliphatic carbocycles. The molecule has 140 valence electrons. The predicted molar refractivity (Wildman–Crippen MR) is 114 cm³/mol. The van der Waals surface area contributed by atoms with Crippen LogP contribution in [0.1, 0.15) is 37.5 Å². The van der Waals surface area contributed by atoms with Crippen molar-refractivity contribution in [3.63, 3.8) is 0 Å². The molecule has 0 aromatic heterocycles. The smallest absolute Gasteiger partial charge is 0.144 e. The lowest BCUT2D eigenvalue weighted by Gasteiger charge is -2.14. The van der Waals surface area contributed by atoms with Gasteiger partial charge in [-0.1, -0.05) is 24.3 Å². The van der Waals surface area contributed by atoms with Crippen LogP contribution in [-0.2, 0) is 11.0 Å². The molecule has 0 aliphatic rings. The number of halogens is 1. The first-order chi connectivity index (χ1) is 12.7. The highest BCUT2D eigenvalue weighted by Gasteiger charge is 2.18. The van der Waals surface area contributed by atoms with E-state index in [9.17, 15) is 8.60 Å². The van der Waals surface area contributed by atoms with E-state index in [1.807, 2.05) is 65.0 Å². The maximum atomic E-state index is 13.7. The second-order valence-electron chi connectivity index (χ2n) is 7.80. The third-order valence-corrected chi connectivity index (χ3v) is 5.84. The third-order valence-electron chi connectivity index (χ3n) is 4.49. The van der Waals surface area contributed by atoms with Crippen molar-refractivity contribution < 1.29 is 8.60 Å². The minimum Gasteiger partial charge on any atom is -0.234 e. The van der Waals surface area contributed by atoms with Gasteiger partial charge in [0, 0.05) is 11.8 Å². The van der Waals surface area contributed by atoms with Gasteiger partial charge in [-0.3, -0.25) is 0 Å². The summed E-state index contributed by atoms with van der Waals surface area (Å²) >= 11 is 0. The van der Waals surface area contributed by atoms with E-state index in [-0.39, 0.29) is 5.82 Å². The normalized spacial score (nSPS) is 13.4. The van der Waals surface area contributed by atoms with Gasteiger partial charge >= 0.3 is 0 Å². The number of aryl methyl sites for hydroxylation is 2. The molecule has 0 saturated carbocycles. The number of hydrogen-bond acceptors (Lipinski definition) is 1. The van der Waals surface area contributed by atoms with Gasteiger partial charge in [0.05, 0.1) is 4.75 Å². The van der Waals surface area contributed by atoms with Crippen LogP contribution in [0.4, 0.5) is 4.39 Å². The lowest BCUT2D eigenvalue weighted by molar-refractivity contribution is 0.625. The van der Waals surface area contributed by atoms with E-state index in [2.05, 4.69) is 10.5 Å². The van der Waals surface area contributed by atoms with Crippen molar-refractivity contribution >= 4 is 28.0 Å². The van der Waals surface area contributed by atoms with Crippen LogP contribution < -0.4 is 0 Å². The molecule has 3 aromatic carbocycles. The lowest BCUT2D eigenvalue weighted by Crippen LogP contribution is -2.19. The zero-order valence-corrected chi connectivity index (χ0v) is 17.2. The highest BCUT2D eigenvalue weighted by Crippen LogP contribution is 2.32. The molecule has 3 aromatic rings. The van der Waals surface area contributed by atoms with Gasteiger partial charge in [-0.2, -0.15) is 4.40 Å². The zero-order valence-electron chi connectivity index (χ0n) is 16.3. The summed E-state index contributed by atoms with van der Waals surface area (Å²) in [5.74, 6) is -0.225. The molecule has 0 saturated heterocycles. The maximum absolute atomic E-state index is 13.7. The minimum absolute atomic E-state index is 0.225. The second-order valence-corrected chi connectivity index (χ2v) is 9.73. The molecule has 27 heavy (non-hydrogen) atoms. The van der Waals surface area contributed by atoms with Crippen molar-refractivity contribution in [2.24, 2.45) is 4.40 Å². The van der Waals surface area contributed by atoms with Gasteiger partial charge in [0.15, 0.2) is 0 Å². The summed E-state index contributed by atoms with van der Waals surface area (Å²) < 4.78 is 30.0. The zero-order chi connectivity index (χ0) is 19.8. The monoisotopic (exact) mass is 381 g/mol. The van der Waals surface area contributed by atoms with E-state index in [0.29, 0.717) is 0 Å². The number of benzene rings is 3. The van der Waals surface area contributed by atoms with E-state index in [1.165, 1.54) is 0 Å². The summed E-state index contributed by atoms with van der Waals surface area (Å²) in [6.45, 7) is 9.55. The summed E-state index contributed by atoms with van der Waals surface area (Å²) in [7, 11) is -1.32. The molecule has 0 radical (unpaired) electrons. The number of hydrogen-bond donors (Lipinski definition) is 0. The van der Waals surface area contributed by atoms with Crippen molar-refractivity contribution in [1.82, 2.24) is 0 Å². The SMILES string of the molecule is Cc1cc(F)cc(C)c1-c1cc(/C=N/[S@](=O)C(C)(C)C)c2ccccc2c1. The summed E-state index contributed by atoms with van der Waals surface area (Å²) in [5, 5.41) is 2.12. The summed E-state index contributed by atoms with van der Waals surface area (Å²) in [6, 6.07) is 15.3. The van der Waals surface area contributed by atoms with Crippen molar-refractivity contribution in [3.8, 4) is 11.1 Å². The molecule has 2 nitrogen and oxygen atoms in total. The highest BCUT2D eigenvalue weighted by molar-refractivity contribution is 7.85. The van der Waals surface area contributed by atoms with Crippen molar-refractivity contribution in [2.45, 2.75) is 39.4 Å². The average molecular weight is 382 g/mol. The molecule has 0 fully saturated rings. The fourth-order valence-electron chi connectivity index (χ4n) is 3.22. The van der Waals surface area contributed by atoms with Gasteiger partial charge < -0.3 is 0 Å². The second kappa shape index (κ2) is 7.35. The first-order valence-corrected chi connectivity index (χ1v) is 10.0. The predicted octanol–water partition coefficient (Wildman–Crippen LogP) is 6.14. The van der Waals surface area contributed by atoms with Crippen LogP contribution in [0.2, 0.25) is 0 Å². The Kier molecular flexibility index (Phi) is 5.29. The first-order valence-electron chi connectivity index (χ1n) is 8.93. The fraction of sp³-hybridized carbons (Fsp3) is 0.261. The fourth-order valence-corrected chi connectivity index (χ4v) is 3.75. The van der Waals surface area contributed by atoms with E-state index in [4.69, 9.17) is 0 Å². The standard InChI is InChI=1S/C23H24FNOS/c1-15-10-20(24)11-16(2)22(15)18-12-17-8-6-7-9-21(17)19(13-18)14-25-27(26)23(3,4)5/h6-14H,1-5H3/b25-14+/t27-/m1/s1. The minimum atomic E-state index is -1.32. The number of rotatable bonds is 3. The molecule has 0 bridgehead atoms. The molecule has 0 heterocycles. The molecule has 0 spiro atoms. The van der Waals surface area contributed by atoms with E-state index < -0.39 is 15.7 Å². The van der Waals surface area contributed by atoms with Crippen LogP contribution in [0.15, 0.2) is 52.9 Å². The van der Waals surface area contributed by atoms with Gasteiger partial charge in [-0.15, -0.1) is 0 Å². The number of fused-ring (bicyclic) bond motifs is 1. The van der Waals surface area contributed by atoms with Crippen LogP contribution in [0, 0.1) is 19.7 Å². The van der Waals surface area contributed by atoms with Gasteiger partial charge in [0.1, 0.15) is 16.8 Å². The average Bonchev–Trinajstić information content (AvgIpc) is 2.57. The van der Waals surface area contributed by atoms with E-state index in [1.54, 1.807) is 18.3 Å². The number of nitrogens with zero attached hydrogens (tertiary/aromatic N) is 1. The Morgan fingerprint density at radius 2 is 1.63 bits per heavy atom. The van der Waals surface area contributed by atoms with Crippen LogP contribution in [0.3, 0.4) is 0 Å². The molecule has 4 heteroatoms. The Bertz CT molecular complexity index is 1040. The Morgan fingerprint density at radius 1 is 1.00 bits per heavy atom. The van der Waals surface area contributed by atoms with Crippen LogP contribution in [0.25, 0.3) is 21.9 Å². The van der Waals surface area contributed by atoms with Crippen molar-refractivity contribution in [3.05, 3.63) is 71.0 Å². The quantitative estimate of drug-likeness (QED) is 0.501. The van der Waals surface area contributed by atoms with Crippen molar-refractivity contribution in [2.75, 3.05) is 0 Å². The molecular formula is C23H24FNOS. The van der Waals surface area contributed by atoms with Gasteiger partial charge in [-0.05, 0) is 91.9 Å².